The van der Waals surface area contributed by atoms with Crippen molar-refractivity contribution in [2.45, 2.75) is 11.8 Å². The molecule has 0 spiro atoms. The molecule has 1 saturated heterocycles. The highest BCUT2D eigenvalue weighted by Gasteiger charge is 2.51. The summed E-state index contributed by atoms with van der Waals surface area (Å²) in [5, 5.41) is 2.72. The lowest BCUT2D eigenvalue weighted by molar-refractivity contribution is -0.156. The molecule has 4 rings (SSSR count). The Kier molecular flexibility index (Phi) is 6.21. The van der Waals surface area contributed by atoms with Crippen molar-refractivity contribution in [2.24, 2.45) is 5.73 Å². The molecule has 164 valence electrons. The fourth-order valence-corrected chi connectivity index (χ4v) is 5.64. The van der Waals surface area contributed by atoms with Gasteiger partial charge in [-0.05, 0) is 5.56 Å². The van der Waals surface area contributed by atoms with Crippen LogP contribution in [-0.4, -0.2) is 49.7 Å². The number of β-lactam (4-membered cyclic amide) rings is 1. The minimum atomic E-state index is -0.915. The molecule has 32 heavy (non-hydrogen) atoms. The number of fused-ring (bicyclic) bond motifs is 1. The number of carbonyl (C=O) groups excluding carboxylic acids is 4. The quantitative estimate of drug-likeness (QED) is 0.325. The number of nitrogens with two attached hydrogens (primary N) is 1. The third kappa shape index (κ3) is 4.35. The summed E-state index contributed by atoms with van der Waals surface area (Å²) in [5.74, 6) is -1.60. The first-order valence-electron chi connectivity index (χ1n) is 9.14. The molecule has 10 nitrogen and oxygen atoms in total. The van der Waals surface area contributed by atoms with Crippen LogP contribution in [0.15, 0.2) is 42.2 Å². The first-order chi connectivity index (χ1) is 15.3. The zero-order valence-corrected chi connectivity index (χ0v) is 18.6. The number of thiocarbonyl (C=S) groups is 1. The Morgan fingerprint density at radius 1 is 1.28 bits per heavy atom. The Balaban J connectivity index is 1.56. The molecular formula is C19H15N5O5S3. The number of rotatable bonds is 5. The van der Waals surface area contributed by atoms with E-state index in [9.17, 15) is 19.2 Å². The summed E-state index contributed by atoms with van der Waals surface area (Å²) in [6.45, 7) is 0. The van der Waals surface area contributed by atoms with Crippen molar-refractivity contribution in [3.8, 4) is 0 Å². The number of urea groups is 1. The largest absolute Gasteiger partial charge is 0.379 e. The monoisotopic (exact) mass is 489 g/mol. The summed E-state index contributed by atoms with van der Waals surface area (Å²) in [7, 11) is 0. The van der Waals surface area contributed by atoms with Crippen LogP contribution in [-0.2, 0) is 25.6 Å². The van der Waals surface area contributed by atoms with Gasteiger partial charge in [0.1, 0.15) is 25.9 Å². The molecular weight excluding hydrogens is 474 g/mol. The van der Waals surface area contributed by atoms with E-state index < -0.39 is 29.2 Å². The zero-order valence-electron chi connectivity index (χ0n) is 16.2. The minimum absolute atomic E-state index is 0.0137. The van der Waals surface area contributed by atoms with E-state index in [-0.39, 0.29) is 17.0 Å². The number of nitrogens with zero attached hydrogens (tertiary/aromatic N) is 2. The molecule has 2 aliphatic rings. The van der Waals surface area contributed by atoms with Crippen LogP contribution < -0.4 is 16.5 Å². The normalized spacial score (nSPS) is 17.4. The molecule has 1 aromatic heterocycles. The van der Waals surface area contributed by atoms with Crippen LogP contribution in [0.2, 0.25) is 0 Å². The molecule has 1 fully saturated rings. The van der Waals surface area contributed by atoms with Gasteiger partial charge in [0.2, 0.25) is 0 Å². The smallest absolute Gasteiger partial charge is 0.351 e. The molecule has 4 amide bonds. The van der Waals surface area contributed by atoms with Gasteiger partial charge >= 0.3 is 12.0 Å². The molecule has 13 heteroatoms. The van der Waals surface area contributed by atoms with Crippen molar-refractivity contribution in [3.05, 3.63) is 52.8 Å². The van der Waals surface area contributed by atoms with E-state index in [0.29, 0.717) is 21.3 Å². The van der Waals surface area contributed by atoms with Gasteiger partial charge in [-0.25, -0.2) is 14.6 Å². The standard InChI is InChI=1S/C19H15N5O5S3/c20-19(28)22-12-7-21-15(32-12)10-8-31-17-14(30)16(26)24(17)13(10)18(27)29-23-11(25)6-9-4-2-1-3-5-9/h1-5,7,17H,6,8H2,(H,23,25)(H3,20,22,28)/t17-/m0/s1. The van der Waals surface area contributed by atoms with Gasteiger partial charge in [-0.2, -0.15) is 5.48 Å². The molecule has 2 aliphatic heterocycles. The molecule has 0 aliphatic carbocycles. The van der Waals surface area contributed by atoms with Gasteiger partial charge in [0, 0.05) is 11.3 Å². The molecule has 2 aromatic rings. The van der Waals surface area contributed by atoms with E-state index in [1.165, 1.54) is 22.9 Å². The number of hydrogen-bond acceptors (Lipinski definition) is 9. The molecule has 0 radical (unpaired) electrons. The Bertz CT molecular complexity index is 1160. The van der Waals surface area contributed by atoms with Gasteiger partial charge in [-0.1, -0.05) is 53.9 Å². The zero-order chi connectivity index (χ0) is 22.8. The highest BCUT2D eigenvalue weighted by Crippen LogP contribution is 2.43. The summed E-state index contributed by atoms with van der Waals surface area (Å²) in [6, 6.07) is 8.19. The third-order valence-corrected chi connectivity index (χ3v) is 7.21. The van der Waals surface area contributed by atoms with Crippen LogP contribution in [0.3, 0.4) is 0 Å². The fourth-order valence-electron chi connectivity index (χ4n) is 3.07. The predicted molar refractivity (Wildman–Crippen MR) is 122 cm³/mol. The number of primary amides is 1. The number of hydroxylamine groups is 1. The van der Waals surface area contributed by atoms with Gasteiger partial charge in [-0.15, -0.1) is 11.8 Å². The number of benzene rings is 1. The number of nitrogens with one attached hydrogen (secondary N) is 2. The Morgan fingerprint density at radius 3 is 2.75 bits per heavy atom. The molecule has 0 bridgehead atoms. The summed E-state index contributed by atoms with van der Waals surface area (Å²) in [5.41, 5.74) is 8.37. The molecule has 1 aromatic carbocycles. The van der Waals surface area contributed by atoms with E-state index in [0.717, 1.165) is 16.9 Å². The maximum atomic E-state index is 12.9. The van der Waals surface area contributed by atoms with Crippen molar-refractivity contribution < 1.29 is 24.0 Å². The number of hydrogen-bond donors (Lipinski definition) is 3. The van der Waals surface area contributed by atoms with E-state index in [2.05, 4.69) is 15.8 Å². The number of aromatic nitrogens is 1. The molecule has 0 saturated carbocycles. The highest BCUT2D eigenvalue weighted by molar-refractivity contribution is 8.02. The first kappa shape index (κ1) is 21.9. The average Bonchev–Trinajstić information content (AvgIpc) is 3.24. The molecule has 1 atom stereocenters. The van der Waals surface area contributed by atoms with Crippen molar-refractivity contribution >= 4 is 74.6 Å². The Hall–Kier alpha value is -3.29. The number of thiazole rings is 1. The van der Waals surface area contributed by atoms with Gasteiger partial charge in [0.15, 0.2) is 0 Å². The van der Waals surface area contributed by atoms with Crippen LogP contribution in [0, 0.1) is 0 Å². The lowest BCUT2D eigenvalue weighted by atomic mass is 10.1. The van der Waals surface area contributed by atoms with Crippen molar-refractivity contribution in [1.82, 2.24) is 15.4 Å². The first-order valence-corrected chi connectivity index (χ1v) is 11.4. The second kappa shape index (κ2) is 9.06. The van der Waals surface area contributed by atoms with E-state index in [1.54, 1.807) is 24.3 Å². The van der Waals surface area contributed by atoms with Crippen molar-refractivity contribution in [3.63, 3.8) is 0 Å². The molecule has 0 unspecified atom stereocenters. The van der Waals surface area contributed by atoms with Gasteiger partial charge in [0.05, 0.1) is 12.6 Å². The van der Waals surface area contributed by atoms with Crippen LogP contribution in [0.5, 0.6) is 0 Å². The lowest BCUT2D eigenvalue weighted by Gasteiger charge is -2.44. The summed E-state index contributed by atoms with van der Waals surface area (Å²) in [4.78, 5) is 59.2. The van der Waals surface area contributed by atoms with Gasteiger partial charge in [0.25, 0.3) is 11.8 Å². The number of carbonyl (C=O) groups is 4. The minimum Gasteiger partial charge on any atom is -0.351 e. The molecule has 4 N–H and O–H groups in total. The van der Waals surface area contributed by atoms with Crippen molar-refractivity contribution in [2.75, 3.05) is 11.1 Å². The van der Waals surface area contributed by atoms with E-state index in [4.69, 9.17) is 22.8 Å². The second-order valence-corrected chi connectivity index (χ2v) is 9.16. The lowest BCUT2D eigenvalue weighted by Crippen LogP contribution is -2.61. The van der Waals surface area contributed by atoms with Crippen LogP contribution >= 0.6 is 35.3 Å². The maximum absolute atomic E-state index is 12.9. The SMILES string of the molecule is NC(=O)Nc1cnc(C2=C(C(=O)ONC(=O)Cc3ccccc3)N3C(=O)C(=S)[C@@H]3SC2)s1. The van der Waals surface area contributed by atoms with E-state index in [1.807, 2.05) is 6.07 Å². The Morgan fingerprint density at radius 2 is 2.03 bits per heavy atom. The topological polar surface area (TPSA) is 144 Å². The van der Waals surface area contributed by atoms with E-state index >= 15 is 0 Å². The number of anilines is 1. The Labute approximate surface area is 195 Å². The summed E-state index contributed by atoms with van der Waals surface area (Å²) < 4.78 is 0. The third-order valence-electron chi connectivity index (χ3n) is 4.47. The second-order valence-electron chi connectivity index (χ2n) is 6.63. The van der Waals surface area contributed by atoms with Crippen LogP contribution in [0.25, 0.3) is 5.57 Å². The molecule has 3 heterocycles. The van der Waals surface area contributed by atoms with Crippen LogP contribution in [0.4, 0.5) is 9.80 Å². The van der Waals surface area contributed by atoms with Gasteiger partial charge < -0.3 is 10.6 Å². The number of thioether (sulfide) groups is 1. The van der Waals surface area contributed by atoms with Gasteiger partial charge in [-0.3, -0.25) is 19.8 Å². The highest BCUT2D eigenvalue weighted by atomic mass is 32.2. The van der Waals surface area contributed by atoms with Crippen LogP contribution in [0.1, 0.15) is 10.6 Å². The van der Waals surface area contributed by atoms with Crippen molar-refractivity contribution in [1.29, 1.82) is 0 Å². The number of amides is 4. The summed E-state index contributed by atoms with van der Waals surface area (Å²) >= 11 is 7.55. The average molecular weight is 490 g/mol. The fraction of sp³-hybridized carbons (Fsp3) is 0.158. The predicted octanol–water partition coefficient (Wildman–Crippen LogP) is 1.45. The summed E-state index contributed by atoms with van der Waals surface area (Å²) in [6.07, 6.45) is 1.40. The maximum Gasteiger partial charge on any atom is 0.379 e.